The van der Waals surface area contributed by atoms with Crippen LogP contribution in [-0.2, 0) is 23.2 Å². The maximum Gasteiger partial charge on any atom is 0.251 e. The average molecular weight is 328 g/mol. The number of carbonyl (C=O) groups excluding carboxylic acids is 1. The molecule has 0 bridgehead atoms. The summed E-state index contributed by atoms with van der Waals surface area (Å²) in [5.74, 6) is 1.25. The van der Waals surface area contributed by atoms with E-state index in [2.05, 4.69) is 10.2 Å². The van der Waals surface area contributed by atoms with Crippen LogP contribution in [0.15, 0.2) is 36.7 Å². The largest absolute Gasteiger partial charge is 0.364 e. The fourth-order valence-electron chi connectivity index (χ4n) is 3.17. The quantitative estimate of drug-likeness (QED) is 0.843. The van der Waals surface area contributed by atoms with Crippen LogP contribution in [-0.4, -0.2) is 44.8 Å². The molecule has 1 saturated heterocycles. The van der Waals surface area contributed by atoms with E-state index in [0.717, 1.165) is 30.8 Å². The number of benzene rings is 1. The number of likely N-dealkylation sites (tertiary alicyclic amines) is 1. The number of aryl methyl sites for hydroxylation is 1. The topological polar surface area (TPSA) is 60.2 Å². The molecule has 0 unspecified atom stereocenters. The molecule has 1 amide bonds. The van der Waals surface area contributed by atoms with Crippen LogP contribution >= 0.6 is 0 Å². The number of amides is 1. The Balaban J connectivity index is 1.56. The molecule has 2 aromatic rings. The summed E-state index contributed by atoms with van der Waals surface area (Å²) in [6, 6.07) is 9.92. The fraction of sp³-hybridized carbons (Fsp3) is 0.500. The molecule has 128 valence electrons. The molecule has 0 spiro atoms. The number of hydrogen-bond donors (Lipinski definition) is 0. The van der Waals surface area contributed by atoms with E-state index in [9.17, 15) is 4.79 Å². The third-order valence-corrected chi connectivity index (χ3v) is 4.54. The van der Waals surface area contributed by atoms with Crippen molar-refractivity contribution in [2.24, 2.45) is 7.05 Å². The molecule has 2 heterocycles. The van der Waals surface area contributed by atoms with Crippen molar-refractivity contribution in [2.45, 2.75) is 38.4 Å². The second-order valence-electron chi connectivity index (χ2n) is 6.36. The van der Waals surface area contributed by atoms with Crippen LogP contribution in [0.1, 0.15) is 37.1 Å². The van der Waals surface area contributed by atoms with Crippen LogP contribution in [0.2, 0.25) is 0 Å². The summed E-state index contributed by atoms with van der Waals surface area (Å²) in [5.41, 5.74) is 1.08. The van der Waals surface area contributed by atoms with Crippen LogP contribution in [0.5, 0.6) is 0 Å². The SMILES string of the molecule is C[C@H](OCc1ccccc1)C(=O)N1CCC[C@H](c2nncn2C)C1. The zero-order valence-corrected chi connectivity index (χ0v) is 14.3. The normalized spacial score (nSPS) is 19.2. The van der Waals surface area contributed by atoms with Gasteiger partial charge in [0.2, 0.25) is 0 Å². The zero-order valence-electron chi connectivity index (χ0n) is 14.3. The van der Waals surface area contributed by atoms with Gasteiger partial charge >= 0.3 is 0 Å². The van der Waals surface area contributed by atoms with Crippen LogP contribution in [0.4, 0.5) is 0 Å². The molecule has 3 rings (SSSR count). The molecule has 1 fully saturated rings. The number of hydrogen-bond acceptors (Lipinski definition) is 4. The summed E-state index contributed by atoms with van der Waals surface area (Å²) < 4.78 is 7.71. The predicted molar refractivity (Wildman–Crippen MR) is 90.3 cm³/mol. The third-order valence-electron chi connectivity index (χ3n) is 4.54. The highest BCUT2D eigenvalue weighted by molar-refractivity contribution is 5.80. The molecule has 0 saturated carbocycles. The van der Waals surface area contributed by atoms with Gasteiger partial charge in [-0.25, -0.2) is 0 Å². The maximum absolute atomic E-state index is 12.7. The lowest BCUT2D eigenvalue weighted by Gasteiger charge is -2.33. The lowest BCUT2D eigenvalue weighted by Crippen LogP contribution is -2.44. The van der Waals surface area contributed by atoms with E-state index < -0.39 is 6.10 Å². The Kier molecular flexibility index (Phi) is 5.25. The van der Waals surface area contributed by atoms with Crippen LogP contribution < -0.4 is 0 Å². The Morgan fingerprint density at radius 2 is 2.17 bits per heavy atom. The molecule has 0 radical (unpaired) electrons. The van der Waals surface area contributed by atoms with Crippen LogP contribution in [0, 0.1) is 0 Å². The van der Waals surface area contributed by atoms with Gasteiger partial charge in [-0.2, -0.15) is 0 Å². The van der Waals surface area contributed by atoms with E-state index in [1.54, 1.807) is 6.33 Å². The Hall–Kier alpha value is -2.21. The van der Waals surface area contributed by atoms with Crippen molar-refractivity contribution in [3.63, 3.8) is 0 Å². The van der Waals surface area contributed by atoms with Crippen molar-refractivity contribution in [3.05, 3.63) is 48.0 Å². The van der Waals surface area contributed by atoms with Gasteiger partial charge in [0.25, 0.3) is 5.91 Å². The second kappa shape index (κ2) is 7.57. The molecule has 1 aliphatic rings. The number of piperidine rings is 1. The molecule has 6 heteroatoms. The number of nitrogens with zero attached hydrogens (tertiary/aromatic N) is 4. The summed E-state index contributed by atoms with van der Waals surface area (Å²) in [6.07, 6.45) is 3.29. The number of ether oxygens (including phenoxy) is 1. The second-order valence-corrected chi connectivity index (χ2v) is 6.36. The minimum atomic E-state index is -0.441. The summed E-state index contributed by atoms with van der Waals surface area (Å²) in [5, 5.41) is 8.15. The fourth-order valence-corrected chi connectivity index (χ4v) is 3.17. The molecule has 2 atom stereocenters. The molecule has 1 aromatic heterocycles. The van der Waals surface area contributed by atoms with Crippen molar-refractivity contribution in [1.82, 2.24) is 19.7 Å². The lowest BCUT2D eigenvalue weighted by atomic mass is 9.97. The van der Waals surface area contributed by atoms with Gasteiger partial charge in [-0.3, -0.25) is 4.79 Å². The van der Waals surface area contributed by atoms with E-state index in [0.29, 0.717) is 13.2 Å². The first-order valence-electron chi connectivity index (χ1n) is 8.43. The number of carbonyl (C=O) groups is 1. The highest BCUT2D eigenvalue weighted by atomic mass is 16.5. The first-order valence-corrected chi connectivity index (χ1v) is 8.43. The maximum atomic E-state index is 12.7. The van der Waals surface area contributed by atoms with Crippen molar-refractivity contribution in [2.75, 3.05) is 13.1 Å². The van der Waals surface area contributed by atoms with Crippen molar-refractivity contribution in [3.8, 4) is 0 Å². The molecule has 0 N–H and O–H groups in total. The molecule has 1 aromatic carbocycles. The molecule has 0 aliphatic carbocycles. The van der Waals surface area contributed by atoms with E-state index in [1.807, 2.05) is 53.8 Å². The Morgan fingerprint density at radius 3 is 2.88 bits per heavy atom. The van der Waals surface area contributed by atoms with E-state index >= 15 is 0 Å². The standard InChI is InChI=1S/C18H24N4O2/c1-14(24-12-15-7-4-3-5-8-15)18(23)22-10-6-9-16(11-22)17-20-19-13-21(17)2/h3-5,7-8,13-14,16H,6,9-12H2,1-2H3/t14-,16-/m0/s1. The highest BCUT2D eigenvalue weighted by Crippen LogP contribution is 2.25. The van der Waals surface area contributed by atoms with Gasteiger partial charge in [0.05, 0.1) is 6.61 Å². The molecule has 6 nitrogen and oxygen atoms in total. The van der Waals surface area contributed by atoms with Gasteiger partial charge in [0.15, 0.2) is 0 Å². The summed E-state index contributed by atoms with van der Waals surface area (Å²) in [7, 11) is 1.95. The van der Waals surface area contributed by atoms with Gasteiger partial charge in [-0.1, -0.05) is 30.3 Å². The minimum absolute atomic E-state index is 0.0535. The smallest absolute Gasteiger partial charge is 0.251 e. The third kappa shape index (κ3) is 3.82. The van der Waals surface area contributed by atoms with Gasteiger partial charge in [-0.05, 0) is 25.3 Å². The summed E-state index contributed by atoms with van der Waals surface area (Å²) >= 11 is 0. The summed E-state index contributed by atoms with van der Waals surface area (Å²) in [6.45, 7) is 3.75. The Bertz CT molecular complexity index is 671. The molecular weight excluding hydrogens is 304 g/mol. The van der Waals surface area contributed by atoms with Gasteiger partial charge < -0.3 is 14.2 Å². The van der Waals surface area contributed by atoms with Crippen molar-refractivity contribution >= 4 is 5.91 Å². The minimum Gasteiger partial charge on any atom is -0.364 e. The Morgan fingerprint density at radius 1 is 1.38 bits per heavy atom. The van der Waals surface area contributed by atoms with Crippen molar-refractivity contribution in [1.29, 1.82) is 0 Å². The highest BCUT2D eigenvalue weighted by Gasteiger charge is 2.29. The number of rotatable bonds is 5. The summed E-state index contributed by atoms with van der Waals surface area (Å²) in [4.78, 5) is 14.6. The zero-order chi connectivity index (χ0) is 16.9. The molecule has 24 heavy (non-hydrogen) atoms. The van der Waals surface area contributed by atoms with Gasteiger partial charge in [0.1, 0.15) is 18.3 Å². The van der Waals surface area contributed by atoms with Crippen LogP contribution in [0.3, 0.4) is 0 Å². The monoisotopic (exact) mass is 328 g/mol. The van der Waals surface area contributed by atoms with Gasteiger partial charge in [-0.15, -0.1) is 10.2 Å². The first-order chi connectivity index (χ1) is 11.6. The number of aromatic nitrogens is 3. The lowest BCUT2D eigenvalue weighted by molar-refractivity contribution is -0.144. The van der Waals surface area contributed by atoms with E-state index in [-0.39, 0.29) is 11.8 Å². The van der Waals surface area contributed by atoms with E-state index in [4.69, 9.17) is 4.74 Å². The average Bonchev–Trinajstić information content (AvgIpc) is 3.06. The first kappa shape index (κ1) is 16.6. The molecular formula is C18H24N4O2. The predicted octanol–water partition coefficient (Wildman–Crippen LogP) is 2.13. The van der Waals surface area contributed by atoms with Crippen LogP contribution in [0.25, 0.3) is 0 Å². The Labute approximate surface area is 142 Å². The van der Waals surface area contributed by atoms with Gasteiger partial charge in [0, 0.05) is 26.1 Å². The molecule has 1 aliphatic heterocycles. The van der Waals surface area contributed by atoms with E-state index in [1.165, 1.54) is 0 Å². The van der Waals surface area contributed by atoms with Crippen molar-refractivity contribution < 1.29 is 9.53 Å².